The van der Waals surface area contributed by atoms with Crippen LogP contribution in [0, 0.1) is 13.8 Å². The number of rotatable bonds is 21. The van der Waals surface area contributed by atoms with E-state index in [1.807, 2.05) is 19.1 Å². The first kappa shape index (κ1) is 66.4. The van der Waals surface area contributed by atoms with E-state index in [1.165, 1.54) is 57.2 Å². The lowest BCUT2D eigenvalue weighted by atomic mass is 9.78. The number of allylic oxidation sites excluding steroid dienone is 8. The summed E-state index contributed by atoms with van der Waals surface area (Å²) in [7, 11) is -13.2. The Balaban J connectivity index is 0.000000806. The van der Waals surface area contributed by atoms with Crippen LogP contribution >= 0.6 is 11.6 Å². The predicted molar refractivity (Wildman–Crippen MR) is 351 cm³/mol. The normalized spacial score (nSPS) is 17.8. The zero-order valence-corrected chi connectivity index (χ0v) is 58.3. The van der Waals surface area contributed by atoms with E-state index < -0.39 is 59.4 Å². The van der Waals surface area contributed by atoms with Gasteiger partial charge in [0, 0.05) is 66.7 Å². The van der Waals surface area contributed by atoms with Crippen LogP contribution in [0.4, 0.5) is 11.4 Å². The topological polar surface area (TPSA) is 155 Å². The Kier molecular flexibility index (Phi) is 20.5. The molecule has 0 unspecified atom stereocenters. The second-order valence-electron chi connectivity index (χ2n) is 25.8. The number of unbranched alkanes of at least 4 members (excludes halogenated alkanes) is 2. The summed E-state index contributed by atoms with van der Waals surface area (Å²) in [5, 5.41) is 5.16. The molecule has 0 aromatic heterocycles. The van der Waals surface area contributed by atoms with E-state index >= 15 is 0 Å². The third kappa shape index (κ3) is 15.9. The van der Waals surface area contributed by atoms with E-state index in [-0.39, 0.29) is 15.2 Å². The Morgan fingerprint density at radius 2 is 1.22 bits per heavy atom. The first-order valence-corrected chi connectivity index (χ1v) is 44.1. The zero-order valence-electron chi connectivity index (χ0n) is 51.9. The van der Waals surface area contributed by atoms with Gasteiger partial charge in [-0.15, -0.1) is 0 Å². The molecule has 0 amide bonds. The van der Waals surface area contributed by atoms with Crippen LogP contribution in [0.25, 0.3) is 21.5 Å². The number of hydrogen-bond donors (Lipinski definition) is 1. The maximum Gasteiger partial charge on any atom is 0.321 e. The van der Waals surface area contributed by atoms with Gasteiger partial charge in [-0.3, -0.25) is 4.55 Å². The molecule has 0 spiro atoms. The van der Waals surface area contributed by atoms with Crippen LogP contribution in [0.3, 0.4) is 0 Å². The number of halogens is 1. The molecule has 1 N–H and O–H groups in total. The lowest BCUT2D eigenvalue weighted by Gasteiger charge is -2.32. The smallest absolute Gasteiger partial charge is 0.321 e. The van der Waals surface area contributed by atoms with Crippen LogP contribution in [0.2, 0.25) is 64.5 Å². The van der Waals surface area contributed by atoms with Crippen LogP contribution in [0.15, 0.2) is 141 Å². The summed E-state index contributed by atoms with van der Waals surface area (Å²) < 4.78 is 92.9. The van der Waals surface area contributed by atoms with Crippen LogP contribution in [0.5, 0.6) is 0 Å². The van der Waals surface area contributed by atoms with Gasteiger partial charge in [-0.1, -0.05) is 97.6 Å². The molecule has 0 bridgehead atoms. The minimum Gasteiger partial charge on any atom is -0.744 e. The van der Waals surface area contributed by atoms with Crippen molar-refractivity contribution in [2.45, 2.75) is 172 Å². The Morgan fingerprint density at radius 1 is 0.663 bits per heavy atom. The SMILES string of the molecule is CO[Si](C)(C)O[Si](C)(C)CCCCN1/C(=C/C=C2CCCC(/C=C/C3=[N+](CCCC[Si](C)(C)O[Si](C)(C)OC)c4ccc5cc(C)ccc5c4C3(C)C)=C2Cl)C(C)(C)c2c1ccc1cc(S(=O)(=O)O)ccc21.Cc1ccc(S(=O)(=O)[O-])cc1. The van der Waals surface area contributed by atoms with Gasteiger partial charge in [0.1, 0.15) is 16.7 Å². The number of nitrogens with zero attached hydrogens (tertiary/aromatic N) is 2. The standard InChI is InChI=1S/C57H81ClN2O7SSi4.C7H8O3S/c1-41-23-29-47-44(39-41)24-31-49-53(47)56(2,3)51(59(49)35-16-18-37-69(8,9)66-71(12,13)64-6)33-26-42-21-20-22-43(55(42)58)27-34-52-57(4,5)54-48-30-28-46(68(61,62)63)40-45(48)25-32-50(54)60(52)36-17-19-38-70(10,11)67-72(14,15)65-7;1-6-2-4-7(5-3-6)11(8,9)10/h23-34,39-40H,16-22,35-38H2,1-15H3;2-5H,1H3,(H,8,9,10). The van der Waals surface area contributed by atoms with Crippen molar-refractivity contribution < 1.29 is 47.6 Å². The maximum atomic E-state index is 12.2. The largest absolute Gasteiger partial charge is 0.744 e. The number of anilines is 1. The van der Waals surface area contributed by atoms with Crippen LogP contribution in [-0.2, 0) is 48.1 Å². The van der Waals surface area contributed by atoms with Crippen molar-refractivity contribution in [3.63, 3.8) is 0 Å². The van der Waals surface area contributed by atoms with Crippen LogP contribution in [0.1, 0.15) is 94.9 Å². The first-order chi connectivity index (χ1) is 38.5. The second-order valence-corrected chi connectivity index (χ2v) is 45.1. The molecule has 2 heterocycles. The number of hydrogen-bond acceptors (Lipinski definition) is 10. The Morgan fingerprint density at radius 3 is 1.82 bits per heavy atom. The molecule has 0 saturated heterocycles. The molecule has 1 aliphatic carbocycles. The summed E-state index contributed by atoms with van der Waals surface area (Å²) >= 11 is 7.53. The van der Waals surface area contributed by atoms with E-state index in [4.69, 9.17) is 28.7 Å². The quantitative estimate of drug-likeness (QED) is 0.0323. The first-order valence-electron chi connectivity index (χ1n) is 29.0. The fourth-order valence-corrected chi connectivity index (χ4v) is 28.0. The fraction of sp³-hybridized carbons (Fsp3) is 0.453. The number of fused-ring (bicyclic) bond motifs is 6. The fourth-order valence-electron chi connectivity index (χ4n) is 12.4. The summed E-state index contributed by atoms with van der Waals surface area (Å²) in [6.45, 7) is 32.8. The molecule has 0 radical (unpaired) electrons. The average Bonchev–Trinajstić information content (AvgIpc) is 1.96. The molecule has 3 aliphatic rings. The van der Waals surface area contributed by atoms with Crippen molar-refractivity contribution in [2.75, 3.05) is 32.2 Å². The molecule has 8 rings (SSSR count). The maximum absolute atomic E-state index is 12.2. The Labute approximate surface area is 505 Å². The lowest BCUT2D eigenvalue weighted by molar-refractivity contribution is -0.438. The summed E-state index contributed by atoms with van der Waals surface area (Å²) in [5.74, 6) is 0. The van der Waals surface area contributed by atoms with E-state index in [2.05, 4.69) is 157 Å². The van der Waals surface area contributed by atoms with Gasteiger partial charge in [0.15, 0.2) is 22.3 Å². The molecule has 12 nitrogen and oxygen atoms in total. The molecular weight excluding hydrogens is 1170 g/mol. The molecule has 0 saturated carbocycles. The third-order valence-electron chi connectivity index (χ3n) is 16.6. The molecule has 5 aromatic carbocycles. The minimum atomic E-state index is -4.36. The highest BCUT2D eigenvalue weighted by Crippen LogP contribution is 2.52. The monoisotopic (exact) mass is 1260 g/mol. The molecular formula is C64H89ClN2O10S2Si4. The molecule has 0 atom stereocenters. The second kappa shape index (κ2) is 25.7. The highest BCUT2D eigenvalue weighted by molar-refractivity contribution is 7.86. The van der Waals surface area contributed by atoms with E-state index in [0.29, 0.717) is 0 Å². The van der Waals surface area contributed by atoms with Crippen molar-refractivity contribution in [3.8, 4) is 0 Å². The predicted octanol–water partition coefficient (Wildman–Crippen LogP) is 16.4. The average molecular weight is 1260 g/mol. The van der Waals surface area contributed by atoms with Crippen molar-refractivity contribution in [1.29, 1.82) is 0 Å². The molecule has 83 heavy (non-hydrogen) atoms. The summed E-state index contributed by atoms with van der Waals surface area (Å²) in [4.78, 5) is 2.18. The van der Waals surface area contributed by atoms with Gasteiger partial charge in [0.05, 0.1) is 15.2 Å². The van der Waals surface area contributed by atoms with Crippen molar-refractivity contribution in [2.24, 2.45) is 0 Å². The molecule has 2 aliphatic heterocycles. The van der Waals surface area contributed by atoms with E-state index in [9.17, 15) is 25.9 Å². The minimum absolute atomic E-state index is 0.105. The summed E-state index contributed by atoms with van der Waals surface area (Å²) in [6, 6.07) is 28.4. The molecule has 450 valence electrons. The van der Waals surface area contributed by atoms with Gasteiger partial charge in [0.2, 0.25) is 5.69 Å². The molecule has 5 aromatic rings. The van der Waals surface area contributed by atoms with Gasteiger partial charge >= 0.3 is 17.1 Å². The zero-order chi connectivity index (χ0) is 61.3. The van der Waals surface area contributed by atoms with E-state index in [1.54, 1.807) is 32.4 Å². The lowest BCUT2D eigenvalue weighted by Crippen LogP contribution is -2.45. The van der Waals surface area contributed by atoms with Gasteiger partial charge in [-0.2, -0.15) is 13.0 Å². The highest BCUT2D eigenvalue weighted by Gasteiger charge is 2.46. The molecule has 19 heteroatoms. The summed E-state index contributed by atoms with van der Waals surface area (Å²) in [5.41, 5.74) is 11.2. The third-order valence-corrected chi connectivity index (χ3v) is 32.2. The van der Waals surface area contributed by atoms with Crippen molar-refractivity contribution in [3.05, 3.63) is 153 Å². The van der Waals surface area contributed by atoms with Gasteiger partial charge < -0.3 is 26.5 Å². The number of benzene rings is 5. The van der Waals surface area contributed by atoms with Crippen molar-refractivity contribution >= 4 is 104 Å². The molecule has 0 fully saturated rings. The van der Waals surface area contributed by atoms with Gasteiger partial charge in [-0.05, 0) is 205 Å². The highest BCUT2D eigenvalue weighted by atomic mass is 35.5. The summed E-state index contributed by atoms with van der Waals surface area (Å²) in [6.07, 6.45) is 16.1. The van der Waals surface area contributed by atoms with Gasteiger partial charge in [0.25, 0.3) is 10.1 Å². The van der Waals surface area contributed by atoms with Crippen molar-refractivity contribution in [1.82, 2.24) is 0 Å². The van der Waals surface area contributed by atoms with Crippen LogP contribution < -0.4 is 4.90 Å². The van der Waals surface area contributed by atoms with E-state index in [0.717, 1.165) is 114 Å². The Bertz CT molecular complexity index is 3640. The van der Waals surface area contributed by atoms with Crippen LogP contribution in [-0.4, -0.2) is 97.3 Å². The Hall–Kier alpha value is -4.13. The van der Waals surface area contributed by atoms with Gasteiger partial charge in [-0.25, -0.2) is 8.42 Å². The number of aryl methyl sites for hydroxylation is 2.